The zero-order chi connectivity index (χ0) is 16.4. The van der Waals surface area contributed by atoms with Gasteiger partial charge in [0.2, 0.25) is 10.0 Å². The van der Waals surface area contributed by atoms with Crippen molar-refractivity contribution < 1.29 is 18.4 Å². The zero-order valence-electron chi connectivity index (χ0n) is 12.2. The number of rotatable bonds is 4. The van der Waals surface area contributed by atoms with E-state index in [1.165, 1.54) is 0 Å². The highest BCUT2D eigenvalue weighted by molar-refractivity contribution is 7.89. The van der Waals surface area contributed by atoms with Crippen LogP contribution in [0.15, 0.2) is 41.1 Å². The number of hydroxylamine groups is 1. The van der Waals surface area contributed by atoms with E-state index in [4.69, 9.17) is 5.21 Å². The second kappa shape index (κ2) is 6.40. The van der Waals surface area contributed by atoms with E-state index in [0.29, 0.717) is 0 Å². The SMILES string of the molecule is O=C(NO)C1CCS(=O)(=O)N1Cc1ccc(-c2ccsc2)cc1. The molecular weight excluding hydrogens is 336 g/mol. The van der Waals surface area contributed by atoms with Crippen LogP contribution < -0.4 is 5.48 Å². The number of nitrogens with one attached hydrogen (secondary N) is 1. The van der Waals surface area contributed by atoms with Gasteiger partial charge in [0.1, 0.15) is 6.04 Å². The number of amides is 1. The molecule has 1 amide bonds. The molecule has 0 spiro atoms. The average Bonchev–Trinajstić information content (AvgIpc) is 3.17. The topological polar surface area (TPSA) is 86.7 Å². The molecule has 0 radical (unpaired) electrons. The maximum absolute atomic E-state index is 12.1. The minimum absolute atomic E-state index is 0.0852. The molecule has 2 heterocycles. The van der Waals surface area contributed by atoms with Crippen molar-refractivity contribution in [1.29, 1.82) is 0 Å². The molecule has 1 saturated heterocycles. The normalized spacial score (nSPS) is 20.5. The number of carbonyl (C=O) groups excluding carboxylic acids is 1. The quantitative estimate of drug-likeness (QED) is 0.649. The first kappa shape index (κ1) is 16.1. The summed E-state index contributed by atoms with van der Waals surface area (Å²) < 4.78 is 25.4. The van der Waals surface area contributed by atoms with Gasteiger partial charge in [0.05, 0.1) is 5.75 Å². The summed E-state index contributed by atoms with van der Waals surface area (Å²) in [5.74, 6) is -0.779. The molecule has 1 aliphatic heterocycles. The van der Waals surface area contributed by atoms with Gasteiger partial charge < -0.3 is 0 Å². The number of thiophene rings is 1. The predicted molar refractivity (Wildman–Crippen MR) is 87.4 cm³/mol. The number of benzene rings is 1. The minimum atomic E-state index is -3.48. The summed E-state index contributed by atoms with van der Waals surface area (Å²) in [5.41, 5.74) is 4.52. The van der Waals surface area contributed by atoms with Gasteiger partial charge in [-0.3, -0.25) is 10.0 Å². The van der Waals surface area contributed by atoms with Crippen molar-refractivity contribution in [3.8, 4) is 11.1 Å². The molecule has 0 aliphatic carbocycles. The van der Waals surface area contributed by atoms with E-state index in [0.717, 1.165) is 21.0 Å². The van der Waals surface area contributed by atoms with Gasteiger partial charge in [-0.2, -0.15) is 15.6 Å². The van der Waals surface area contributed by atoms with E-state index in [1.807, 2.05) is 41.1 Å². The Hall–Kier alpha value is -1.74. The third-order valence-corrected chi connectivity index (χ3v) is 6.45. The van der Waals surface area contributed by atoms with E-state index < -0.39 is 22.0 Å². The Morgan fingerprint density at radius 3 is 2.61 bits per heavy atom. The molecule has 122 valence electrons. The number of nitrogens with zero attached hydrogens (tertiary/aromatic N) is 1. The first-order chi connectivity index (χ1) is 11.0. The van der Waals surface area contributed by atoms with Crippen molar-refractivity contribution in [2.75, 3.05) is 5.75 Å². The van der Waals surface area contributed by atoms with Gasteiger partial charge in [0.25, 0.3) is 5.91 Å². The van der Waals surface area contributed by atoms with Crippen molar-refractivity contribution in [2.24, 2.45) is 0 Å². The molecule has 6 nitrogen and oxygen atoms in total. The van der Waals surface area contributed by atoms with E-state index in [2.05, 4.69) is 0 Å². The monoisotopic (exact) mass is 352 g/mol. The highest BCUT2D eigenvalue weighted by Crippen LogP contribution is 2.26. The largest absolute Gasteiger partial charge is 0.289 e. The Kier molecular flexibility index (Phi) is 4.49. The first-order valence-electron chi connectivity index (χ1n) is 7.06. The van der Waals surface area contributed by atoms with Crippen molar-refractivity contribution in [3.63, 3.8) is 0 Å². The van der Waals surface area contributed by atoms with Crippen LogP contribution in [0.3, 0.4) is 0 Å². The molecule has 23 heavy (non-hydrogen) atoms. The van der Waals surface area contributed by atoms with Gasteiger partial charge >= 0.3 is 0 Å². The lowest BCUT2D eigenvalue weighted by Gasteiger charge is -2.21. The molecule has 0 saturated carbocycles. The Morgan fingerprint density at radius 2 is 2.00 bits per heavy atom. The molecular formula is C15H16N2O4S2. The summed E-state index contributed by atoms with van der Waals surface area (Å²) in [6, 6.07) is 8.74. The van der Waals surface area contributed by atoms with E-state index in [-0.39, 0.29) is 18.7 Å². The highest BCUT2D eigenvalue weighted by atomic mass is 32.2. The summed E-state index contributed by atoms with van der Waals surface area (Å²) >= 11 is 1.61. The fourth-order valence-corrected chi connectivity index (χ4v) is 5.03. The van der Waals surface area contributed by atoms with Crippen LogP contribution in [0.25, 0.3) is 11.1 Å². The van der Waals surface area contributed by atoms with Gasteiger partial charge in [-0.25, -0.2) is 13.9 Å². The molecule has 2 aromatic rings. The lowest BCUT2D eigenvalue weighted by molar-refractivity contribution is -0.133. The Balaban J connectivity index is 1.81. The third kappa shape index (κ3) is 3.30. The van der Waals surface area contributed by atoms with Crippen molar-refractivity contribution in [2.45, 2.75) is 19.0 Å². The Morgan fingerprint density at radius 1 is 1.26 bits per heavy atom. The Bertz CT molecular complexity index is 785. The predicted octanol–water partition coefficient (Wildman–Crippen LogP) is 1.82. The second-order valence-electron chi connectivity index (χ2n) is 5.35. The molecule has 1 aliphatic rings. The van der Waals surface area contributed by atoms with Crippen LogP contribution in [-0.2, 0) is 21.4 Å². The smallest absolute Gasteiger partial charge is 0.261 e. The molecule has 1 atom stereocenters. The van der Waals surface area contributed by atoms with Crippen LogP contribution in [0, 0.1) is 0 Å². The van der Waals surface area contributed by atoms with Crippen LogP contribution in [-0.4, -0.2) is 35.6 Å². The fourth-order valence-electron chi connectivity index (χ4n) is 2.67. The summed E-state index contributed by atoms with van der Waals surface area (Å²) in [6.07, 6.45) is 0.182. The van der Waals surface area contributed by atoms with E-state index in [1.54, 1.807) is 16.8 Å². The van der Waals surface area contributed by atoms with E-state index >= 15 is 0 Å². The van der Waals surface area contributed by atoms with Gasteiger partial charge in [-0.1, -0.05) is 24.3 Å². The van der Waals surface area contributed by atoms with E-state index in [9.17, 15) is 13.2 Å². The van der Waals surface area contributed by atoms with Crippen LogP contribution in [0.5, 0.6) is 0 Å². The lowest BCUT2D eigenvalue weighted by Crippen LogP contribution is -2.43. The number of sulfonamides is 1. The van der Waals surface area contributed by atoms with Crippen molar-refractivity contribution in [1.82, 2.24) is 9.79 Å². The maximum atomic E-state index is 12.1. The number of hydrogen-bond acceptors (Lipinski definition) is 5. The van der Waals surface area contributed by atoms with Gasteiger partial charge in [0, 0.05) is 6.54 Å². The molecule has 2 N–H and O–H groups in total. The molecule has 1 aromatic heterocycles. The average molecular weight is 352 g/mol. The van der Waals surface area contributed by atoms with Crippen LogP contribution in [0.4, 0.5) is 0 Å². The fraction of sp³-hybridized carbons (Fsp3) is 0.267. The molecule has 0 bridgehead atoms. The van der Waals surface area contributed by atoms with Crippen LogP contribution >= 0.6 is 11.3 Å². The number of carbonyl (C=O) groups is 1. The summed E-state index contributed by atoms with van der Waals surface area (Å²) in [7, 11) is -3.48. The zero-order valence-corrected chi connectivity index (χ0v) is 13.8. The first-order valence-corrected chi connectivity index (χ1v) is 9.61. The molecule has 1 unspecified atom stereocenters. The third-order valence-electron chi connectivity index (χ3n) is 3.91. The summed E-state index contributed by atoms with van der Waals surface area (Å²) in [6.45, 7) is 0.115. The Labute approximate surface area is 138 Å². The van der Waals surface area contributed by atoms with Crippen LogP contribution in [0.2, 0.25) is 0 Å². The summed E-state index contributed by atoms with van der Waals surface area (Å²) in [4.78, 5) is 11.6. The lowest BCUT2D eigenvalue weighted by atomic mass is 10.1. The molecule has 3 rings (SSSR count). The van der Waals surface area contributed by atoms with Crippen molar-refractivity contribution in [3.05, 3.63) is 46.7 Å². The standard InChI is InChI=1S/C15H16N2O4S2/c18-15(16-19)14-6-8-23(20,21)17(14)9-11-1-3-12(4-2-11)13-5-7-22-10-13/h1-5,7,10,14,19H,6,8-9H2,(H,16,18). The second-order valence-corrected chi connectivity index (χ2v) is 8.17. The molecule has 1 aromatic carbocycles. The van der Waals surface area contributed by atoms with Crippen molar-refractivity contribution >= 4 is 27.3 Å². The molecule has 8 heteroatoms. The maximum Gasteiger partial charge on any atom is 0.261 e. The summed E-state index contributed by atoms with van der Waals surface area (Å²) in [5, 5.41) is 12.8. The minimum Gasteiger partial charge on any atom is -0.289 e. The molecule has 1 fully saturated rings. The highest BCUT2D eigenvalue weighted by Gasteiger charge is 2.41. The van der Waals surface area contributed by atoms with Gasteiger partial charge in [-0.15, -0.1) is 0 Å². The van der Waals surface area contributed by atoms with Gasteiger partial charge in [-0.05, 0) is 39.9 Å². The number of hydrogen-bond donors (Lipinski definition) is 2. The van der Waals surface area contributed by atoms with Crippen LogP contribution in [0.1, 0.15) is 12.0 Å². The van der Waals surface area contributed by atoms with Gasteiger partial charge in [0.15, 0.2) is 0 Å².